The molecule has 1 fully saturated rings. The van der Waals surface area contributed by atoms with E-state index in [9.17, 15) is 14.4 Å². The number of carboxylic acids is 1. The first-order chi connectivity index (χ1) is 14.6. The first kappa shape index (κ1) is 23.2. The van der Waals surface area contributed by atoms with Crippen LogP contribution in [0.1, 0.15) is 12.0 Å². The van der Waals surface area contributed by atoms with Crippen LogP contribution >= 0.6 is 47.8 Å². The Hall–Kier alpha value is -2.51. The molecule has 2 aliphatic rings. The molecule has 31 heavy (non-hydrogen) atoms. The van der Waals surface area contributed by atoms with Crippen LogP contribution in [0.4, 0.5) is 0 Å². The highest BCUT2D eigenvalue weighted by Crippen LogP contribution is 2.40. The van der Waals surface area contributed by atoms with Crippen LogP contribution in [0.2, 0.25) is 0 Å². The van der Waals surface area contributed by atoms with Gasteiger partial charge in [0.1, 0.15) is 0 Å². The number of ketones is 1. The molecule has 3 rings (SSSR count). The van der Waals surface area contributed by atoms with Gasteiger partial charge in [-0.3, -0.25) is 4.79 Å². The number of benzene rings is 1. The zero-order valence-corrected chi connectivity index (χ0v) is 19.9. The first-order valence-corrected chi connectivity index (χ1v) is 10.7. The lowest BCUT2D eigenvalue weighted by atomic mass is 9.92. The smallest absolute Gasteiger partial charge is 0.357 e. The van der Waals surface area contributed by atoms with E-state index in [0.29, 0.717) is 14.5 Å². The summed E-state index contributed by atoms with van der Waals surface area (Å²) in [6.45, 7) is 0. The number of allylic oxidation sites excluding steroid dienone is 1. The van der Waals surface area contributed by atoms with Crippen LogP contribution in [0.3, 0.4) is 0 Å². The third-order valence-electron chi connectivity index (χ3n) is 4.28. The molecule has 162 valence electrons. The molecule has 0 bridgehead atoms. The predicted octanol–water partition coefficient (Wildman–Crippen LogP) is 3.31. The Morgan fingerprint density at radius 1 is 1.16 bits per heavy atom. The van der Waals surface area contributed by atoms with Crippen LogP contribution < -0.4 is 4.74 Å². The summed E-state index contributed by atoms with van der Waals surface area (Å²) in [5.74, 6) is -2.67. The third-order valence-corrected chi connectivity index (χ3v) is 6.05. The lowest BCUT2D eigenvalue weighted by Crippen LogP contribution is -2.30. The summed E-state index contributed by atoms with van der Waals surface area (Å²) < 4.78 is 11.9. The van der Waals surface area contributed by atoms with E-state index >= 15 is 0 Å². The van der Waals surface area contributed by atoms with Gasteiger partial charge >= 0.3 is 11.9 Å². The number of aliphatic carboxylic acids is 1. The molecule has 13 heteroatoms. The summed E-state index contributed by atoms with van der Waals surface area (Å²) in [5.41, 5.74) is -1.53. The van der Waals surface area contributed by atoms with Crippen LogP contribution in [0.15, 0.2) is 53.8 Å². The van der Waals surface area contributed by atoms with Crippen molar-refractivity contribution in [3.05, 3.63) is 49.0 Å². The fourth-order valence-corrected chi connectivity index (χ4v) is 4.94. The third kappa shape index (κ3) is 4.72. The molecule has 0 aromatic heterocycles. The summed E-state index contributed by atoms with van der Waals surface area (Å²) in [5, 5.41) is 32.4. The van der Waals surface area contributed by atoms with Gasteiger partial charge in [0, 0.05) is 18.9 Å². The minimum Gasteiger partial charge on any atom is -0.477 e. The van der Waals surface area contributed by atoms with Crippen LogP contribution in [-0.4, -0.2) is 50.3 Å². The molecule has 1 atom stereocenters. The Labute approximate surface area is 199 Å². The first-order valence-electron chi connectivity index (χ1n) is 8.29. The van der Waals surface area contributed by atoms with Crippen molar-refractivity contribution < 1.29 is 39.4 Å². The second-order valence-electron chi connectivity index (χ2n) is 6.42. The number of nitrogens with zero attached hydrogens (tertiary/aromatic N) is 2. The maximum atomic E-state index is 12.6. The van der Waals surface area contributed by atoms with Crippen molar-refractivity contribution in [3.8, 4) is 5.75 Å². The Balaban J connectivity index is 1.93. The highest BCUT2D eigenvalue weighted by molar-refractivity contribution is 9.12. The van der Waals surface area contributed by atoms with Crippen LogP contribution in [0.25, 0.3) is 0 Å². The molecule has 1 unspecified atom stereocenters. The van der Waals surface area contributed by atoms with Crippen molar-refractivity contribution in [2.75, 3.05) is 0 Å². The number of halogens is 3. The molecule has 1 heterocycles. The standard InChI is InChI=1S/C18H11Br3N2O8/c19-8-1-7(3-11(22-28)16(25)26)2-9(20)15(8)30-13-6-18(4-10(21)14(13)24)5-12(23-29)17(27)31-18/h1-2,4,6,28-29H,3,5H2,(H,25,26)/b22-11+,23-12+. The topological polar surface area (TPSA) is 155 Å². The van der Waals surface area contributed by atoms with E-state index in [2.05, 4.69) is 58.1 Å². The van der Waals surface area contributed by atoms with Crippen molar-refractivity contribution in [1.82, 2.24) is 0 Å². The van der Waals surface area contributed by atoms with Crippen molar-refractivity contribution in [3.63, 3.8) is 0 Å². The van der Waals surface area contributed by atoms with E-state index in [0.717, 1.165) is 0 Å². The lowest BCUT2D eigenvalue weighted by molar-refractivity contribution is -0.139. The minimum absolute atomic E-state index is 0.0890. The number of rotatable bonds is 5. The largest absolute Gasteiger partial charge is 0.477 e. The summed E-state index contributed by atoms with van der Waals surface area (Å²) in [7, 11) is 0. The average Bonchev–Trinajstić information content (AvgIpc) is 3.00. The molecule has 10 nitrogen and oxygen atoms in total. The van der Waals surface area contributed by atoms with Gasteiger partial charge in [0.25, 0.3) is 0 Å². The number of Topliss-reactive ketones (excluding diaryl/α,β-unsaturated/α-hetero) is 1. The van der Waals surface area contributed by atoms with E-state index < -0.39 is 29.0 Å². The van der Waals surface area contributed by atoms with E-state index in [1.807, 2.05) is 0 Å². The molecule has 1 aliphatic carbocycles. The van der Waals surface area contributed by atoms with Crippen molar-refractivity contribution in [2.45, 2.75) is 18.4 Å². The number of oxime groups is 2. The van der Waals surface area contributed by atoms with E-state index in [4.69, 9.17) is 25.0 Å². The van der Waals surface area contributed by atoms with Gasteiger partial charge in [0.15, 0.2) is 28.5 Å². The number of carbonyl (C=O) groups excluding carboxylic acids is 2. The van der Waals surface area contributed by atoms with Crippen molar-refractivity contribution in [1.29, 1.82) is 0 Å². The summed E-state index contributed by atoms with van der Waals surface area (Å²) in [6.07, 6.45) is 2.43. The highest BCUT2D eigenvalue weighted by Gasteiger charge is 2.46. The Bertz CT molecular complexity index is 1100. The number of hydrogen-bond donors (Lipinski definition) is 3. The van der Waals surface area contributed by atoms with E-state index in [-0.39, 0.29) is 34.5 Å². The van der Waals surface area contributed by atoms with Gasteiger partial charge in [-0.25, -0.2) is 9.59 Å². The number of esters is 1. The molecule has 1 aromatic carbocycles. The van der Waals surface area contributed by atoms with Gasteiger partial charge < -0.3 is 25.0 Å². The van der Waals surface area contributed by atoms with E-state index in [1.165, 1.54) is 24.3 Å². The normalized spacial score (nSPS) is 22.4. The van der Waals surface area contributed by atoms with Gasteiger partial charge in [-0.15, -0.1) is 0 Å². The number of hydrogen-bond acceptors (Lipinski definition) is 9. The molecular weight excluding hydrogens is 612 g/mol. The molecule has 1 saturated heterocycles. The molecule has 1 aliphatic heterocycles. The average molecular weight is 623 g/mol. The van der Waals surface area contributed by atoms with Crippen molar-refractivity contribution >= 4 is 76.9 Å². The second kappa shape index (κ2) is 8.93. The number of carbonyl (C=O) groups is 3. The Kier molecular flexibility index (Phi) is 6.67. The summed E-state index contributed by atoms with van der Waals surface area (Å²) in [6, 6.07) is 3.07. The lowest BCUT2D eigenvalue weighted by Gasteiger charge is -2.25. The van der Waals surface area contributed by atoms with Gasteiger partial charge in [0.05, 0.1) is 13.4 Å². The van der Waals surface area contributed by atoms with Crippen LogP contribution in [-0.2, 0) is 25.5 Å². The SMILES string of the molecule is O=C1C(Br)=CC2(C=C1Oc1c(Br)cc(C/C(=N\O)C(=O)O)cc1Br)C/C(=N\O)C(=O)O2. The zero-order chi connectivity index (χ0) is 22.9. The Morgan fingerprint density at radius 2 is 1.81 bits per heavy atom. The summed E-state index contributed by atoms with van der Waals surface area (Å²) >= 11 is 9.75. The monoisotopic (exact) mass is 620 g/mol. The summed E-state index contributed by atoms with van der Waals surface area (Å²) in [4.78, 5) is 35.5. The molecule has 1 spiro atoms. The van der Waals surface area contributed by atoms with Gasteiger partial charge in [-0.05, 0) is 71.6 Å². The molecule has 0 radical (unpaired) electrons. The molecule has 0 amide bonds. The quantitative estimate of drug-likeness (QED) is 0.196. The van der Waals surface area contributed by atoms with Crippen LogP contribution in [0.5, 0.6) is 5.75 Å². The number of carboxylic acid groups (broad SMARTS) is 1. The second-order valence-corrected chi connectivity index (χ2v) is 8.98. The van der Waals surface area contributed by atoms with Gasteiger partial charge in [-0.1, -0.05) is 10.3 Å². The van der Waals surface area contributed by atoms with Gasteiger partial charge in [-0.2, -0.15) is 0 Å². The highest BCUT2D eigenvalue weighted by atomic mass is 79.9. The molecule has 3 N–H and O–H groups in total. The minimum atomic E-state index is -1.37. The fraction of sp³-hybridized carbons (Fsp3) is 0.167. The van der Waals surface area contributed by atoms with Crippen LogP contribution in [0, 0.1) is 0 Å². The maximum Gasteiger partial charge on any atom is 0.357 e. The predicted molar refractivity (Wildman–Crippen MR) is 116 cm³/mol. The van der Waals surface area contributed by atoms with Gasteiger partial charge in [0.2, 0.25) is 5.78 Å². The Morgan fingerprint density at radius 3 is 2.32 bits per heavy atom. The zero-order valence-electron chi connectivity index (χ0n) is 15.1. The number of ether oxygens (including phenoxy) is 2. The molecular formula is C18H11Br3N2O8. The van der Waals surface area contributed by atoms with E-state index in [1.54, 1.807) is 0 Å². The van der Waals surface area contributed by atoms with Crippen molar-refractivity contribution in [2.24, 2.45) is 10.3 Å². The molecule has 0 saturated carbocycles. The molecule has 1 aromatic rings. The fourth-order valence-electron chi connectivity index (χ4n) is 2.91. The maximum absolute atomic E-state index is 12.6.